The molecule has 2 N–H and O–H groups in total. The lowest BCUT2D eigenvalue weighted by molar-refractivity contribution is -0.139. The monoisotopic (exact) mass is 228 g/mol. The Morgan fingerprint density at radius 1 is 1.33 bits per heavy atom. The van der Waals surface area contributed by atoms with Gasteiger partial charge in [0.2, 0.25) is 0 Å². The fourth-order valence-corrected chi connectivity index (χ4v) is 1.77. The molecule has 0 bridgehead atoms. The molecule has 1 aromatic carbocycles. The first kappa shape index (κ1) is 11.7. The van der Waals surface area contributed by atoms with Crippen LogP contribution >= 0.6 is 11.8 Å². The van der Waals surface area contributed by atoms with E-state index in [0.717, 1.165) is 0 Å². The van der Waals surface area contributed by atoms with Crippen LogP contribution in [-0.2, 0) is 9.53 Å². The zero-order valence-electron chi connectivity index (χ0n) is 8.27. The van der Waals surface area contributed by atoms with Crippen LogP contribution in [0.25, 0.3) is 0 Å². The molecule has 0 aromatic heterocycles. The number of hydrogen-bond acceptors (Lipinski definition) is 5. The number of aromatic hydroxyl groups is 2. The zero-order valence-corrected chi connectivity index (χ0v) is 9.08. The molecule has 82 valence electrons. The van der Waals surface area contributed by atoms with Gasteiger partial charge in [0.1, 0.15) is 11.5 Å². The number of hydrogen-bond donors (Lipinski definition) is 2. The average Bonchev–Trinajstić information content (AvgIpc) is 2.14. The van der Waals surface area contributed by atoms with Crippen LogP contribution in [0.2, 0.25) is 0 Å². The van der Waals surface area contributed by atoms with Gasteiger partial charge in [0.25, 0.3) is 0 Å². The predicted molar refractivity (Wildman–Crippen MR) is 57.1 cm³/mol. The highest BCUT2D eigenvalue weighted by Crippen LogP contribution is 2.27. The van der Waals surface area contributed by atoms with E-state index >= 15 is 0 Å². The molecule has 0 atom stereocenters. The van der Waals surface area contributed by atoms with E-state index in [-0.39, 0.29) is 23.2 Å². The van der Waals surface area contributed by atoms with Gasteiger partial charge in [-0.15, -0.1) is 11.8 Å². The molecular weight excluding hydrogens is 216 g/mol. The molecule has 0 unspecified atom stereocenters. The van der Waals surface area contributed by atoms with E-state index in [1.54, 1.807) is 6.92 Å². The number of carbonyl (C=O) groups is 1. The maximum absolute atomic E-state index is 11.0. The van der Waals surface area contributed by atoms with Crippen molar-refractivity contribution in [2.24, 2.45) is 0 Å². The van der Waals surface area contributed by atoms with E-state index in [4.69, 9.17) is 4.74 Å². The summed E-state index contributed by atoms with van der Waals surface area (Å²) in [4.78, 5) is 11.6. The molecule has 0 saturated carbocycles. The number of phenolic OH excluding ortho intramolecular Hbond substituents is 2. The number of thioether (sulfide) groups is 1. The van der Waals surface area contributed by atoms with E-state index in [2.05, 4.69) is 0 Å². The molecule has 0 saturated heterocycles. The molecule has 0 radical (unpaired) electrons. The molecule has 0 aliphatic carbocycles. The van der Waals surface area contributed by atoms with Crippen LogP contribution in [0.15, 0.2) is 23.1 Å². The summed E-state index contributed by atoms with van der Waals surface area (Å²) in [5.41, 5.74) is 0. The average molecular weight is 228 g/mol. The second-order valence-corrected chi connectivity index (χ2v) is 3.83. The minimum atomic E-state index is -0.315. The molecule has 0 aliphatic rings. The summed E-state index contributed by atoms with van der Waals surface area (Å²) in [5, 5.41) is 18.3. The smallest absolute Gasteiger partial charge is 0.316 e. The van der Waals surface area contributed by atoms with Crippen LogP contribution in [-0.4, -0.2) is 28.5 Å². The molecule has 0 spiro atoms. The van der Waals surface area contributed by atoms with E-state index in [1.165, 1.54) is 30.0 Å². The Morgan fingerprint density at radius 2 is 1.93 bits per heavy atom. The maximum atomic E-state index is 11.0. The predicted octanol–water partition coefficient (Wildman–Crippen LogP) is 1.75. The molecule has 4 nitrogen and oxygen atoms in total. The standard InChI is InChI=1S/C10H12O4S/c1-2-14-10(13)6-15-9-4-7(11)3-8(12)5-9/h3-5,11-12H,2,6H2,1H3. The normalized spacial score (nSPS) is 9.93. The number of rotatable bonds is 4. The Balaban J connectivity index is 2.54. The first-order valence-corrected chi connectivity index (χ1v) is 5.42. The molecule has 5 heteroatoms. The van der Waals surface area contributed by atoms with Gasteiger partial charge in [-0.2, -0.15) is 0 Å². The highest BCUT2D eigenvalue weighted by Gasteiger charge is 2.05. The summed E-state index contributed by atoms with van der Waals surface area (Å²) >= 11 is 1.20. The Hall–Kier alpha value is -1.36. The summed E-state index contributed by atoms with van der Waals surface area (Å²) in [6.45, 7) is 2.09. The topological polar surface area (TPSA) is 66.8 Å². The quantitative estimate of drug-likeness (QED) is 0.607. The second-order valence-electron chi connectivity index (χ2n) is 2.78. The third kappa shape index (κ3) is 4.12. The number of benzene rings is 1. The molecule has 0 heterocycles. The van der Waals surface area contributed by atoms with Crippen molar-refractivity contribution in [3.8, 4) is 11.5 Å². The Bertz CT molecular complexity index is 331. The first-order chi connectivity index (χ1) is 7.11. The van der Waals surface area contributed by atoms with Crippen LogP contribution in [0, 0.1) is 0 Å². The van der Waals surface area contributed by atoms with Crippen molar-refractivity contribution in [3.63, 3.8) is 0 Å². The minimum absolute atomic E-state index is 0.0265. The summed E-state index contributed by atoms with van der Waals surface area (Å²) in [7, 11) is 0. The largest absolute Gasteiger partial charge is 0.508 e. The van der Waals surface area contributed by atoms with Crippen molar-refractivity contribution < 1.29 is 19.7 Å². The van der Waals surface area contributed by atoms with Crippen molar-refractivity contribution >= 4 is 17.7 Å². The lowest BCUT2D eigenvalue weighted by Crippen LogP contribution is -2.06. The van der Waals surface area contributed by atoms with E-state index in [9.17, 15) is 15.0 Å². The number of esters is 1. The molecule has 1 rings (SSSR count). The Morgan fingerprint density at radius 3 is 2.47 bits per heavy atom. The van der Waals surface area contributed by atoms with Gasteiger partial charge in [0.15, 0.2) is 0 Å². The van der Waals surface area contributed by atoms with Gasteiger partial charge in [-0.1, -0.05) is 0 Å². The molecule has 15 heavy (non-hydrogen) atoms. The minimum Gasteiger partial charge on any atom is -0.508 e. The third-order valence-corrected chi connectivity index (χ3v) is 2.49. The van der Waals surface area contributed by atoms with Gasteiger partial charge >= 0.3 is 5.97 Å². The molecular formula is C10H12O4S. The summed E-state index contributed by atoms with van der Waals surface area (Å²) in [6, 6.07) is 4.18. The molecule has 0 aliphatic heterocycles. The van der Waals surface area contributed by atoms with Crippen LogP contribution in [0.1, 0.15) is 6.92 Å². The van der Waals surface area contributed by atoms with Crippen LogP contribution in [0.3, 0.4) is 0 Å². The van der Waals surface area contributed by atoms with Gasteiger partial charge in [-0.25, -0.2) is 0 Å². The maximum Gasteiger partial charge on any atom is 0.316 e. The van der Waals surface area contributed by atoms with Gasteiger partial charge in [-0.3, -0.25) is 4.79 Å². The van der Waals surface area contributed by atoms with Gasteiger partial charge in [0.05, 0.1) is 12.4 Å². The number of phenols is 2. The second kappa shape index (κ2) is 5.50. The molecule has 1 aromatic rings. The first-order valence-electron chi connectivity index (χ1n) is 4.43. The van der Waals surface area contributed by atoms with Crippen LogP contribution < -0.4 is 0 Å². The fourth-order valence-electron chi connectivity index (χ4n) is 0.996. The van der Waals surface area contributed by atoms with Crippen molar-refractivity contribution in [1.29, 1.82) is 0 Å². The van der Waals surface area contributed by atoms with Crippen molar-refractivity contribution in [3.05, 3.63) is 18.2 Å². The van der Waals surface area contributed by atoms with Crippen LogP contribution in [0.4, 0.5) is 0 Å². The summed E-state index contributed by atoms with van der Waals surface area (Å²) in [5.74, 6) is -0.204. The highest BCUT2D eigenvalue weighted by molar-refractivity contribution is 8.00. The van der Waals surface area contributed by atoms with Gasteiger partial charge < -0.3 is 14.9 Å². The van der Waals surface area contributed by atoms with Gasteiger partial charge in [0, 0.05) is 11.0 Å². The fraction of sp³-hybridized carbons (Fsp3) is 0.300. The Kier molecular flexibility index (Phi) is 4.30. The number of carbonyl (C=O) groups excluding carboxylic acids is 1. The number of ether oxygens (including phenoxy) is 1. The SMILES string of the molecule is CCOC(=O)CSc1cc(O)cc(O)c1. The van der Waals surface area contributed by atoms with Crippen molar-refractivity contribution in [2.45, 2.75) is 11.8 Å². The molecule has 0 amide bonds. The summed E-state index contributed by atoms with van der Waals surface area (Å²) < 4.78 is 4.74. The molecule has 0 fully saturated rings. The van der Waals surface area contributed by atoms with E-state index < -0.39 is 0 Å². The van der Waals surface area contributed by atoms with Gasteiger partial charge in [-0.05, 0) is 19.1 Å². The lowest BCUT2D eigenvalue weighted by Gasteiger charge is -2.03. The third-order valence-electron chi connectivity index (χ3n) is 1.54. The van der Waals surface area contributed by atoms with Crippen LogP contribution in [0.5, 0.6) is 11.5 Å². The van der Waals surface area contributed by atoms with Crippen molar-refractivity contribution in [2.75, 3.05) is 12.4 Å². The van der Waals surface area contributed by atoms with Crippen molar-refractivity contribution in [1.82, 2.24) is 0 Å². The van der Waals surface area contributed by atoms with E-state index in [1.807, 2.05) is 0 Å². The highest BCUT2D eigenvalue weighted by atomic mass is 32.2. The van der Waals surface area contributed by atoms with E-state index in [0.29, 0.717) is 11.5 Å². The Labute approximate surface area is 91.9 Å². The lowest BCUT2D eigenvalue weighted by atomic mass is 10.3. The summed E-state index contributed by atoms with van der Waals surface area (Å²) in [6.07, 6.45) is 0. The zero-order chi connectivity index (χ0) is 11.3.